The van der Waals surface area contributed by atoms with E-state index in [0.717, 1.165) is 50.1 Å². The first-order chi connectivity index (χ1) is 30.2. The number of hydrogen-bond acceptors (Lipinski definition) is 3. The summed E-state index contributed by atoms with van der Waals surface area (Å²) in [5.74, 6) is 1.87. The Kier molecular flexibility index (Phi) is 9.05. The van der Waals surface area contributed by atoms with Crippen molar-refractivity contribution in [3.8, 4) is 78.7 Å². The number of rotatable bonds is 8. The summed E-state index contributed by atoms with van der Waals surface area (Å²) >= 11 is 0. The van der Waals surface area contributed by atoms with E-state index in [9.17, 15) is 0 Å². The van der Waals surface area contributed by atoms with Gasteiger partial charge in [-0.3, -0.25) is 0 Å². The Balaban J connectivity index is 1.20. The maximum absolute atomic E-state index is 5.38. The third-order valence-corrected chi connectivity index (χ3v) is 12.0. The van der Waals surface area contributed by atoms with Gasteiger partial charge in [0.2, 0.25) is 0 Å². The number of aromatic nitrogens is 3. The molecule has 0 saturated heterocycles. The first-order valence-electron chi connectivity index (χ1n) is 20.8. The minimum atomic E-state index is -0.571. The molecule has 9 aromatic carbocycles. The van der Waals surface area contributed by atoms with Gasteiger partial charge < -0.3 is 0 Å². The van der Waals surface area contributed by atoms with Crippen LogP contribution in [-0.4, -0.2) is 15.0 Å². The van der Waals surface area contributed by atoms with Crippen molar-refractivity contribution in [3.63, 3.8) is 0 Å². The molecule has 11 rings (SSSR count). The van der Waals surface area contributed by atoms with Crippen LogP contribution in [0.1, 0.15) is 22.3 Å². The monoisotopic (exact) mass is 777 g/mol. The van der Waals surface area contributed by atoms with E-state index in [1.54, 1.807) is 0 Å². The van der Waals surface area contributed by atoms with Crippen molar-refractivity contribution in [3.05, 3.63) is 259 Å². The third-order valence-electron chi connectivity index (χ3n) is 12.0. The lowest BCUT2D eigenvalue weighted by Gasteiger charge is -2.34. The molecule has 1 aliphatic carbocycles. The van der Waals surface area contributed by atoms with Crippen LogP contribution < -0.4 is 0 Å². The second-order valence-corrected chi connectivity index (χ2v) is 15.5. The van der Waals surface area contributed by atoms with E-state index in [-0.39, 0.29) is 0 Å². The second kappa shape index (κ2) is 15.3. The lowest BCUT2D eigenvalue weighted by Crippen LogP contribution is -2.28. The molecule has 0 unspecified atom stereocenters. The van der Waals surface area contributed by atoms with Crippen molar-refractivity contribution >= 4 is 0 Å². The molecule has 0 saturated carbocycles. The van der Waals surface area contributed by atoms with Crippen LogP contribution in [0.2, 0.25) is 0 Å². The molecule has 3 heteroatoms. The van der Waals surface area contributed by atoms with Crippen LogP contribution in [-0.2, 0) is 5.41 Å². The molecule has 0 radical (unpaired) electrons. The molecule has 1 aliphatic rings. The number of fused-ring (bicyclic) bond motifs is 3. The quantitative estimate of drug-likeness (QED) is 0.154. The smallest absolute Gasteiger partial charge is 0.164 e. The largest absolute Gasteiger partial charge is 0.208 e. The molecule has 0 aliphatic heterocycles. The topological polar surface area (TPSA) is 38.7 Å². The maximum atomic E-state index is 5.38. The van der Waals surface area contributed by atoms with Crippen LogP contribution >= 0.6 is 0 Å². The Labute approximate surface area is 356 Å². The van der Waals surface area contributed by atoms with Crippen molar-refractivity contribution in [2.24, 2.45) is 0 Å². The molecule has 1 heterocycles. The van der Waals surface area contributed by atoms with Crippen molar-refractivity contribution < 1.29 is 0 Å². The second-order valence-electron chi connectivity index (χ2n) is 15.5. The van der Waals surface area contributed by atoms with Crippen LogP contribution in [0.3, 0.4) is 0 Å². The highest BCUT2D eigenvalue weighted by molar-refractivity contribution is 5.94. The Morgan fingerprint density at radius 1 is 0.230 bits per heavy atom. The molecule has 10 aromatic rings. The van der Waals surface area contributed by atoms with E-state index in [2.05, 4.69) is 212 Å². The molecule has 61 heavy (non-hydrogen) atoms. The summed E-state index contributed by atoms with van der Waals surface area (Å²) in [5.41, 5.74) is 16.3. The lowest BCUT2D eigenvalue weighted by molar-refractivity contribution is 0.769. The molecular formula is C58H39N3. The molecule has 0 amide bonds. The van der Waals surface area contributed by atoms with Crippen molar-refractivity contribution in [1.29, 1.82) is 0 Å². The molecule has 0 bridgehead atoms. The van der Waals surface area contributed by atoms with Crippen LogP contribution in [0.25, 0.3) is 78.7 Å². The van der Waals surface area contributed by atoms with E-state index < -0.39 is 5.41 Å². The fraction of sp³-hybridized carbons (Fsp3) is 0.0172. The summed E-state index contributed by atoms with van der Waals surface area (Å²) in [7, 11) is 0. The van der Waals surface area contributed by atoms with Gasteiger partial charge in [0.1, 0.15) is 0 Å². The normalized spacial score (nSPS) is 12.4. The Morgan fingerprint density at radius 2 is 0.656 bits per heavy atom. The zero-order valence-corrected chi connectivity index (χ0v) is 33.4. The summed E-state index contributed by atoms with van der Waals surface area (Å²) in [4.78, 5) is 15.9. The standard InChI is InChI=1S/C58H39N3/c1-6-19-40(20-7-1)42-33-35-44(36-34-42)56-59-55(43-23-10-3-11-24-43)60-57(61-56)52-38-51-49-31-16-17-32-53(49)58(47-27-12-4-13-28-47,48-29-14-5-15-30-48)54(51)39-50(52)46-26-18-25-45(37-46)41-21-8-2-9-22-41/h1-39H. The molecule has 0 spiro atoms. The van der Waals surface area contributed by atoms with E-state index in [4.69, 9.17) is 15.0 Å². The van der Waals surface area contributed by atoms with Crippen LogP contribution in [0, 0.1) is 0 Å². The van der Waals surface area contributed by atoms with Crippen LogP contribution in [0.15, 0.2) is 237 Å². The van der Waals surface area contributed by atoms with Gasteiger partial charge >= 0.3 is 0 Å². The van der Waals surface area contributed by atoms with Gasteiger partial charge in [0, 0.05) is 16.7 Å². The first-order valence-corrected chi connectivity index (χ1v) is 20.8. The van der Waals surface area contributed by atoms with Crippen molar-refractivity contribution in [1.82, 2.24) is 15.0 Å². The van der Waals surface area contributed by atoms with Crippen molar-refractivity contribution in [2.75, 3.05) is 0 Å². The highest BCUT2D eigenvalue weighted by Gasteiger charge is 2.46. The highest BCUT2D eigenvalue weighted by atomic mass is 15.0. The Bertz CT molecular complexity index is 3110. The lowest BCUT2D eigenvalue weighted by atomic mass is 9.67. The fourth-order valence-electron chi connectivity index (χ4n) is 9.19. The molecule has 0 N–H and O–H groups in total. The van der Waals surface area contributed by atoms with Gasteiger partial charge in [-0.15, -0.1) is 0 Å². The van der Waals surface area contributed by atoms with Gasteiger partial charge in [0.05, 0.1) is 5.41 Å². The van der Waals surface area contributed by atoms with Gasteiger partial charge in [-0.2, -0.15) is 0 Å². The number of nitrogens with zero attached hydrogens (tertiary/aromatic N) is 3. The Hall–Kier alpha value is -8.01. The van der Waals surface area contributed by atoms with Crippen LogP contribution in [0.5, 0.6) is 0 Å². The Morgan fingerprint density at radius 3 is 1.26 bits per heavy atom. The van der Waals surface area contributed by atoms with E-state index in [1.165, 1.54) is 33.4 Å². The summed E-state index contributed by atoms with van der Waals surface area (Å²) in [6.07, 6.45) is 0. The number of benzene rings is 9. The average Bonchev–Trinajstić information content (AvgIpc) is 3.65. The van der Waals surface area contributed by atoms with Gasteiger partial charge in [0.25, 0.3) is 0 Å². The summed E-state index contributed by atoms with van der Waals surface area (Å²) < 4.78 is 0. The molecule has 3 nitrogen and oxygen atoms in total. The highest BCUT2D eigenvalue weighted by Crippen LogP contribution is 2.58. The molecule has 286 valence electrons. The average molecular weight is 778 g/mol. The van der Waals surface area contributed by atoms with Crippen molar-refractivity contribution in [2.45, 2.75) is 5.41 Å². The van der Waals surface area contributed by atoms with Gasteiger partial charge in [-0.25, -0.2) is 15.0 Å². The van der Waals surface area contributed by atoms with Crippen LogP contribution in [0.4, 0.5) is 0 Å². The zero-order valence-electron chi connectivity index (χ0n) is 33.4. The summed E-state index contributed by atoms with van der Waals surface area (Å²) in [5, 5.41) is 0. The van der Waals surface area contributed by atoms with E-state index in [0.29, 0.717) is 17.5 Å². The minimum absolute atomic E-state index is 0.571. The fourth-order valence-corrected chi connectivity index (χ4v) is 9.19. The third kappa shape index (κ3) is 6.35. The van der Waals surface area contributed by atoms with Gasteiger partial charge in [0.15, 0.2) is 17.5 Å². The number of hydrogen-bond donors (Lipinski definition) is 0. The van der Waals surface area contributed by atoms with E-state index in [1.807, 2.05) is 24.3 Å². The SMILES string of the molecule is c1ccc(-c2ccc(-c3nc(-c4ccccc4)nc(-c4cc5c(cc4-c4cccc(-c6ccccc6)c4)C(c4ccccc4)(c4ccccc4)c4ccccc4-5)n3)cc2)cc1. The molecule has 0 fully saturated rings. The minimum Gasteiger partial charge on any atom is -0.208 e. The molecule has 0 atom stereocenters. The van der Waals surface area contributed by atoms with Gasteiger partial charge in [-0.05, 0) is 85.0 Å². The summed E-state index contributed by atoms with van der Waals surface area (Å²) in [6, 6.07) is 84.3. The first kappa shape index (κ1) is 36.1. The summed E-state index contributed by atoms with van der Waals surface area (Å²) in [6.45, 7) is 0. The van der Waals surface area contributed by atoms with Gasteiger partial charge in [-0.1, -0.05) is 218 Å². The predicted octanol–water partition coefficient (Wildman–Crippen LogP) is 14.2. The predicted molar refractivity (Wildman–Crippen MR) is 250 cm³/mol. The molecule has 1 aromatic heterocycles. The zero-order chi connectivity index (χ0) is 40.6. The molecular weight excluding hydrogens is 739 g/mol. The van der Waals surface area contributed by atoms with E-state index >= 15 is 0 Å². The maximum Gasteiger partial charge on any atom is 0.164 e.